The first kappa shape index (κ1) is 45.1. The molecule has 3 aromatic carbocycles. The number of anilines is 1. The Labute approximate surface area is 387 Å². The molecule has 9 rings (SSSR count). The molecule has 17 nitrogen and oxygen atoms in total. The van der Waals surface area contributed by atoms with E-state index in [0.717, 1.165) is 4.57 Å². The van der Waals surface area contributed by atoms with Crippen molar-refractivity contribution in [1.29, 1.82) is 0 Å². The molecule has 0 radical (unpaired) electrons. The summed E-state index contributed by atoms with van der Waals surface area (Å²) in [5, 5.41) is 11.3. The number of nitrogens with zero attached hydrogens (tertiary/aromatic N) is 7. The van der Waals surface area contributed by atoms with Gasteiger partial charge in [-0.05, 0) is 60.4 Å². The van der Waals surface area contributed by atoms with E-state index in [2.05, 4.69) is 15.4 Å². The average molecular weight is 964 g/mol. The van der Waals surface area contributed by atoms with Gasteiger partial charge in [-0.2, -0.15) is 18.2 Å². The van der Waals surface area contributed by atoms with Crippen molar-refractivity contribution < 1.29 is 42.1 Å². The third kappa shape index (κ3) is 7.11. The molecule has 348 valence electrons. The van der Waals surface area contributed by atoms with Crippen LogP contribution in [0.3, 0.4) is 0 Å². The highest BCUT2D eigenvalue weighted by atomic mass is 35.5. The Kier molecular flexibility index (Phi) is 11.2. The number of carbonyl (C=O) groups is 2. The number of halogens is 5. The van der Waals surface area contributed by atoms with Crippen LogP contribution in [0.1, 0.15) is 47.7 Å². The summed E-state index contributed by atoms with van der Waals surface area (Å²) in [4.78, 5) is 81.5. The van der Waals surface area contributed by atoms with E-state index in [1.807, 2.05) is 0 Å². The molecule has 3 aromatic heterocycles. The van der Waals surface area contributed by atoms with Gasteiger partial charge >= 0.3 is 17.6 Å². The molecule has 2 amide bonds. The minimum absolute atomic E-state index is 0.0556. The highest BCUT2D eigenvalue weighted by Gasteiger charge is 2.69. The summed E-state index contributed by atoms with van der Waals surface area (Å²) in [5.74, 6) is -3.98. The molecule has 1 saturated carbocycles. The largest absolute Gasteiger partial charge is 0.504 e. The van der Waals surface area contributed by atoms with E-state index in [0.29, 0.717) is 61.5 Å². The van der Waals surface area contributed by atoms with Crippen molar-refractivity contribution in [3.63, 3.8) is 0 Å². The Hall–Kier alpha value is -7.06. The van der Waals surface area contributed by atoms with Gasteiger partial charge in [0.15, 0.2) is 28.8 Å². The number of rotatable bonds is 11. The third-order valence-corrected chi connectivity index (χ3v) is 13.3. The van der Waals surface area contributed by atoms with E-state index in [4.69, 9.17) is 37.4 Å². The van der Waals surface area contributed by atoms with Gasteiger partial charge in [-0.15, -0.1) is 0 Å². The monoisotopic (exact) mass is 962 g/mol. The molecule has 2 fully saturated rings. The number of amides is 2. The molecule has 3 aliphatic rings. The van der Waals surface area contributed by atoms with Gasteiger partial charge in [0.1, 0.15) is 5.69 Å². The number of carbonyl (C=O) groups excluding carboxylic acids is 2. The van der Waals surface area contributed by atoms with Crippen molar-refractivity contribution in [1.82, 2.24) is 33.5 Å². The molecule has 2 aliphatic heterocycles. The van der Waals surface area contributed by atoms with Crippen LogP contribution in [0, 0.1) is 5.92 Å². The molecular formula is C45H39Cl2F3N8O9. The maximum absolute atomic E-state index is 15.5. The van der Waals surface area contributed by atoms with Crippen LogP contribution in [0.2, 0.25) is 10.0 Å². The molecular weight excluding hydrogens is 924 g/mol. The van der Waals surface area contributed by atoms with Crippen LogP contribution in [-0.2, 0) is 47.7 Å². The highest BCUT2D eigenvalue weighted by molar-refractivity contribution is 6.33. The van der Waals surface area contributed by atoms with Crippen LogP contribution >= 0.6 is 23.2 Å². The van der Waals surface area contributed by atoms with Gasteiger partial charge in [0.05, 0.1) is 66.4 Å². The minimum atomic E-state index is -4.80. The van der Waals surface area contributed by atoms with Crippen LogP contribution in [0.4, 0.5) is 19.0 Å². The van der Waals surface area contributed by atoms with Crippen molar-refractivity contribution in [2.24, 2.45) is 13.0 Å². The van der Waals surface area contributed by atoms with Gasteiger partial charge < -0.3 is 23.9 Å². The van der Waals surface area contributed by atoms with Crippen molar-refractivity contribution >= 4 is 51.9 Å². The van der Waals surface area contributed by atoms with Crippen LogP contribution in [0.15, 0.2) is 92.9 Å². The smallest absolute Gasteiger partial charge is 0.417 e. The number of pyridine rings is 1. The fraction of sp³-hybridized carbons (Fsp3) is 0.311. The molecule has 6 aromatic rings. The van der Waals surface area contributed by atoms with E-state index < -0.39 is 74.6 Å². The summed E-state index contributed by atoms with van der Waals surface area (Å²) in [6.45, 7) is 1.43. The molecule has 0 spiro atoms. The second-order valence-electron chi connectivity index (χ2n) is 16.1. The number of phenolic OH excluding ortho intramolecular Hbond substituents is 1. The standard InChI is InChI=1S/C45H39Cl2F3N8O9/c1-5-67-34-16-22(6-11-33(34)59)37-26-12-15-56-42(63)55(14-13-29-40(61)54(2)32-20-36(66-4)35(65-3)19-30(32)52-29)43(64)58(56)31(26)18-27-39(60)57(41(62)44(27,37)23-7-9-25(46)10-8-23)53-38-28(47)17-24(21-51-38)45(48,49)50/h6-12,16-17,19-21,27,31,37,59H,5,13-15,18H2,1-4H3,(H,51,53). The number of imide groups is 1. The molecule has 2 N–H and O–H groups in total. The summed E-state index contributed by atoms with van der Waals surface area (Å²) in [6.07, 6.45) is -2.94. The number of aromatic hydroxyl groups is 1. The number of aryl methyl sites for hydroxylation is 2. The predicted octanol–water partition coefficient (Wildman–Crippen LogP) is 5.76. The normalized spacial score (nSPS) is 20.0. The lowest BCUT2D eigenvalue weighted by Crippen LogP contribution is -2.53. The summed E-state index contributed by atoms with van der Waals surface area (Å²) >= 11 is 12.7. The fourth-order valence-corrected chi connectivity index (χ4v) is 10.1. The minimum Gasteiger partial charge on any atom is -0.504 e. The first-order valence-corrected chi connectivity index (χ1v) is 21.5. The Bertz CT molecular complexity index is 3260. The van der Waals surface area contributed by atoms with E-state index in [9.17, 15) is 32.7 Å². The molecule has 5 heterocycles. The van der Waals surface area contributed by atoms with Crippen LogP contribution < -0.4 is 36.6 Å². The van der Waals surface area contributed by atoms with Gasteiger partial charge in [0.25, 0.3) is 17.4 Å². The zero-order chi connectivity index (χ0) is 47.9. The number of ether oxygens (including phenoxy) is 3. The molecule has 0 bridgehead atoms. The van der Waals surface area contributed by atoms with Crippen molar-refractivity contribution in [3.05, 3.63) is 142 Å². The SMILES string of the molecule is CCOc1cc(C2C3=CCn4c(=O)n(CCc5nc6cc(OC)c(OC)cc6n(C)c5=O)c(=O)n4C3CC3C(=O)N(Nc4ncc(C(F)(F)F)cc4Cl)C(=O)C32c2ccc(Cl)cc2)ccc1O. The van der Waals surface area contributed by atoms with Gasteiger partial charge in [-0.3, -0.25) is 19.8 Å². The van der Waals surface area contributed by atoms with Gasteiger partial charge in [0.2, 0.25) is 0 Å². The molecule has 4 atom stereocenters. The first-order chi connectivity index (χ1) is 31.9. The second kappa shape index (κ2) is 16.7. The Morgan fingerprint density at radius 2 is 1.66 bits per heavy atom. The Morgan fingerprint density at radius 3 is 2.33 bits per heavy atom. The maximum atomic E-state index is 15.5. The number of allylic oxidation sites excluding steroid dienone is 2. The Balaban J connectivity index is 1.18. The molecule has 67 heavy (non-hydrogen) atoms. The number of hydrogen-bond donors (Lipinski definition) is 2. The van der Waals surface area contributed by atoms with Gasteiger partial charge in [0, 0.05) is 49.3 Å². The number of hydrogen-bond acceptors (Lipinski definition) is 12. The first-order valence-electron chi connectivity index (χ1n) is 20.8. The highest BCUT2D eigenvalue weighted by Crippen LogP contribution is 2.62. The van der Waals surface area contributed by atoms with Crippen LogP contribution in [-0.4, -0.2) is 71.2 Å². The second-order valence-corrected chi connectivity index (χ2v) is 17.0. The Morgan fingerprint density at radius 1 is 0.940 bits per heavy atom. The molecule has 4 unspecified atom stereocenters. The van der Waals surface area contributed by atoms with Crippen LogP contribution in [0.5, 0.6) is 23.0 Å². The quantitative estimate of drug-likeness (QED) is 0.118. The summed E-state index contributed by atoms with van der Waals surface area (Å²) < 4.78 is 62.2. The lowest BCUT2D eigenvalue weighted by molar-refractivity contribution is -0.139. The van der Waals surface area contributed by atoms with Crippen molar-refractivity contribution in [2.45, 2.75) is 56.4 Å². The zero-order valence-electron chi connectivity index (χ0n) is 35.9. The van der Waals surface area contributed by atoms with E-state index in [-0.39, 0.29) is 49.7 Å². The number of benzene rings is 3. The topological polar surface area (TPSA) is 194 Å². The molecule has 22 heteroatoms. The van der Waals surface area contributed by atoms with Gasteiger partial charge in [-0.1, -0.05) is 47.5 Å². The van der Waals surface area contributed by atoms with Gasteiger partial charge in [-0.25, -0.2) is 33.5 Å². The number of nitrogens with one attached hydrogen (secondary N) is 1. The number of fused-ring (bicyclic) bond motifs is 5. The van der Waals surface area contributed by atoms with Crippen molar-refractivity contribution in [3.8, 4) is 23.0 Å². The van der Waals surface area contributed by atoms with E-state index >= 15 is 9.59 Å². The molecule has 1 aliphatic carbocycles. The van der Waals surface area contributed by atoms with E-state index in [1.54, 1.807) is 62.5 Å². The van der Waals surface area contributed by atoms with Crippen LogP contribution in [0.25, 0.3) is 11.0 Å². The third-order valence-electron chi connectivity index (χ3n) is 12.7. The number of hydrazine groups is 1. The number of phenols is 1. The maximum Gasteiger partial charge on any atom is 0.417 e. The zero-order valence-corrected chi connectivity index (χ0v) is 37.4. The number of aromatic nitrogens is 6. The lowest BCUT2D eigenvalue weighted by atomic mass is 9.53. The lowest BCUT2D eigenvalue weighted by Gasteiger charge is -2.49. The van der Waals surface area contributed by atoms with E-state index in [1.165, 1.54) is 40.3 Å². The van der Waals surface area contributed by atoms with Crippen molar-refractivity contribution in [2.75, 3.05) is 26.3 Å². The fourth-order valence-electron chi connectivity index (χ4n) is 9.73. The number of alkyl halides is 3. The summed E-state index contributed by atoms with van der Waals surface area (Å²) in [6, 6.07) is 13.5. The summed E-state index contributed by atoms with van der Waals surface area (Å²) in [5.41, 5.74) is -0.302. The molecule has 1 saturated heterocycles. The average Bonchev–Trinajstić information content (AvgIpc) is 3.67. The predicted molar refractivity (Wildman–Crippen MR) is 237 cm³/mol. The summed E-state index contributed by atoms with van der Waals surface area (Å²) in [7, 11) is 4.48. The number of methoxy groups -OCH3 is 2.